The molecule has 0 aromatic heterocycles. The highest BCUT2D eigenvalue weighted by Gasteiger charge is 2.89. The molecule has 3 aliphatic carbocycles. The molecule has 3 rings (SSSR count). The fourth-order valence-corrected chi connectivity index (χ4v) is 5.45. The zero-order valence-electron chi connectivity index (χ0n) is 8.80. The van der Waals surface area contributed by atoms with Crippen LogP contribution in [0.15, 0.2) is 12.2 Å². The first-order chi connectivity index (χ1) is 6.91. The van der Waals surface area contributed by atoms with Gasteiger partial charge in [0.2, 0.25) is 0 Å². The Hall–Kier alpha value is -0.190. The maximum absolute atomic E-state index is 9.12. The van der Waals surface area contributed by atoms with E-state index in [2.05, 4.69) is 32.1 Å². The molecule has 1 nitrogen and oxygen atoms in total. The van der Waals surface area contributed by atoms with Crippen LogP contribution in [0.1, 0.15) is 20.3 Å². The third-order valence-corrected chi connectivity index (χ3v) is 6.62. The molecule has 0 amide bonds. The van der Waals surface area contributed by atoms with Gasteiger partial charge in [-0.1, -0.05) is 26.0 Å². The summed E-state index contributed by atoms with van der Waals surface area (Å²) in [6.45, 7) is 4.25. The average molecular weight is 242 g/mol. The van der Waals surface area contributed by atoms with E-state index in [0.29, 0.717) is 5.92 Å². The lowest BCUT2D eigenvalue weighted by atomic mass is 9.83. The minimum Gasteiger partial charge on any atom is -0.198 e. The second-order valence-electron chi connectivity index (χ2n) is 5.56. The van der Waals surface area contributed by atoms with Crippen LogP contribution in [0.25, 0.3) is 0 Å². The molecular weight excluding hydrogens is 229 g/mol. The lowest BCUT2D eigenvalue weighted by Crippen LogP contribution is -2.19. The number of allylic oxidation sites excluding steroid dienone is 2. The highest BCUT2D eigenvalue weighted by Crippen LogP contribution is 2.88. The summed E-state index contributed by atoms with van der Waals surface area (Å²) in [5, 5.41) is 9.12. The summed E-state index contributed by atoms with van der Waals surface area (Å²) in [6, 6.07) is 2.40. The van der Waals surface area contributed by atoms with Gasteiger partial charge in [0.15, 0.2) is 0 Å². The van der Waals surface area contributed by atoms with Crippen molar-refractivity contribution in [1.29, 1.82) is 5.26 Å². The van der Waals surface area contributed by atoms with Crippen molar-refractivity contribution in [2.75, 3.05) is 0 Å². The van der Waals surface area contributed by atoms with Gasteiger partial charge < -0.3 is 0 Å². The van der Waals surface area contributed by atoms with Crippen LogP contribution in [0.3, 0.4) is 0 Å². The topological polar surface area (TPSA) is 23.8 Å². The smallest absolute Gasteiger partial charge is 0.131 e. The third kappa shape index (κ3) is 0.718. The molecule has 0 radical (unpaired) electrons. The summed E-state index contributed by atoms with van der Waals surface area (Å²) in [4.78, 5) is 0. The fraction of sp³-hybridized carbons (Fsp3) is 0.750. The van der Waals surface area contributed by atoms with Crippen molar-refractivity contribution in [1.82, 2.24) is 0 Å². The van der Waals surface area contributed by atoms with E-state index in [-0.39, 0.29) is 22.7 Å². The van der Waals surface area contributed by atoms with Crippen LogP contribution in [0, 0.1) is 39.9 Å². The van der Waals surface area contributed by atoms with Crippen molar-refractivity contribution >= 4 is 23.2 Å². The standard InChI is InChI=1S/C12H13Cl2N/c1-10(2)11(12(10,13)14)8-3-4-9(11)7(5-8)6-15/h3-4,7-9H,5H2,1-2H3/t7-,8-,9+,11-/m1/s1. The predicted octanol–water partition coefficient (Wildman–Crippen LogP) is 3.53. The Morgan fingerprint density at radius 1 is 1.33 bits per heavy atom. The number of nitriles is 1. The van der Waals surface area contributed by atoms with Crippen LogP contribution in [-0.4, -0.2) is 4.33 Å². The Morgan fingerprint density at radius 3 is 2.27 bits per heavy atom. The summed E-state index contributed by atoms with van der Waals surface area (Å²) >= 11 is 12.9. The summed E-state index contributed by atoms with van der Waals surface area (Å²) in [6.07, 6.45) is 5.31. The zero-order chi connectivity index (χ0) is 11.1. The summed E-state index contributed by atoms with van der Waals surface area (Å²) in [5.74, 6) is 0.772. The van der Waals surface area contributed by atoms with Gasteiger partial charge in [-0.2, -0.15) is 5.26 Å². The number of rotatable bonds is 0. The fourth-order valence-electron chi connectivity index (χ4n) is 4.23. The van der Waals surface area contributed by atoms with Crippen LogP contribution in [0.5, 0.6) is 0 Å². The number of hydrogen-bond donors (Lipinski definition) is 0. The molecule has 0 unspecified atom stereocenters. The second-order valence-corrected chi connectivity index (χ2v) is 6.88. The van der Waals surface area contributed by atoms with Gasteiger partial charge in [-0.05, 0) is 12.3 Å². The van der Waals surface area contributed by atoms with Gasteiger partial charge in [0.05, 0.1) is 12.0 Å². The Morgan fingerprint density at radius 2 is 1.93 bits per heavy atom. The van der Waals surface area contributed by atoms with Gasteiger partial charge in [0.1, 0.15) is 4.33 Å². The average Bonchev–Trinajstić information content (AvgIpc) is 2.61. The van der Waals surface area contributed by atoms with Gasteiger partial charge in [0, 0.05) is 16.7 Å². The van der Waals surface area contributed by atoms with E-state index >= 15 is 0 Å². The number of halogens is 2. The van der Waals surface area contributed by atoms with Gasteiger partial charge in [-0.15, -0.1) is 23.2 Å². The largest absolute Gasteiger partial charge is 0.198 e. The van der Waals surface area contributed by atoms with E-state index in [9.17, 15) is 0 Å². The van der Waals surface area contributed by atoms with Crippen LogP contribution >= 0.6 is 23.2 Å². The molecule has 0 heterocycles. The molecule has 0 N–H and O–H groups in total. The summed E-state index contributed by atoms with van der Waals surface area (Å²) < 4.78 is -0.662. The molecule has 2 saturated carbocycles. The monoisotopic (exact) mass is 241 g/mol. The number of nitrogens with zero attached hydrogens (tertiary/aromatic N) is 1. The summed E-state index contributed by atoms with van der Waals surface area (Å²) in [5.41, 5.74) is -0.142. The first-order valence-corrected chi connectivity index (χ1v) is 6.12. The van der Waals surface area contributed by atoms with E-state index in [1.165, 1.54) is 0 Å². The Kier molecular flexibility index (Phi) is 1.59. The van der Waals surface area contributed by atoms with Gasteiger partial charge >= 0.3 is 0 Å². The molecule has 3 heteroatoms. The molecule has 80 valence electrons. The Labute approximate surface area is 100 Å². The van der Waals surface area contributed by atoms with E-state index < -0.39 is 4.33 Å². The quantitative estimate of drug-likeness (QED) is 0.471. The van der Waals surface area contributed by atoms with Crippen LogP contribution < -0.4 is 0 Å². The molecule has 3 aliphatic rings. The second kappa shape index (κ2) is 2.39. The maximum atomic E-state index is 9.12. The van der Waals surface area contributed by atoms with Crippen molar-refractivity contribution in [3.8, 4) is 6.07 Å². The van der Waals surface area contributed by atoms with Crippen molar-refractivity contribution in [2.24, 2.45) is 28.6 Å². The van der Waals surface area contributed by atoms with Crippen LogP contribution in [0.2, 0.25) is 0 Å². The van der Waals surface area contributed by atoms with Gasteiger partial charge in [-0.3, -0.25) is 0 Å². The van der Waals surface area contributed by atoms with Gasteiger partial charge in [-0.25, -0.2) is 0 Å². The SMILES string of the molecule is CC1(C)C(Cl)(Cl)[C@@]12[C@@H]1C=C[C@H]2[C@@H](C#N)C1. The third-order valence-electron chi connectivity index (χ3n) is 5.04. The van der Waals surface area contributed by atoms with Crippen LogP contribution in [0.4, 0.5) is 0 Å². The van der Waals surface area contributed by atoms with Crippen molar-refractivity contribution in [2.45, 2.75) is 24.6 Å². The first-order valence-electron chi connectivity index (χ1n) is 5.37. The normalized spacial score (nSPS) is 52.1. The van der Waals surface area contributed by atoms with Crippen molar-refractivity contribution in [3.05, 3.63) is 12.2 Å². The minimum atomic E-state index is -0.662. The molecule has 0 aromatic rings. The van der Waals surface area contributed by atoms with E-state index in [1.807, 2.05) is 0 Å². The number of alkyl halides is 2. The van der Waals surface area contributed by atoms with Crippen molar-refractivity contribution in [3.63, 3.8) is 0 Å². The van der Waals surface area contributed by atoms with Crippen LogP contribution in [-0.2, 0) is 0 Å². The highest BCUT2D eigenvalue weighted by atomic mass is 35.5. The molecule has 4 atom stereocenters. The molecule has 0 aromatic carbocycles. The Bertz CT molecular complexity index is 388. The Balaban J connectivity index is 2.11. The predicted molar refractivity (Wildman–Crippen MR) is 60.5 cm³/mol. The molecule has 15 heavy (non-hydrogen) atoms. The summed E-state index contributed by atoms with van der Waals surface area (Å²) in [7, 11) is 0. The van der Waals surface area contributed by atoms with E-state index in [1.54, 1.807) is 0 Å². The highest BCUT2D eigenvalue weighted by molar-refractivity contribution is 6.52. The van der Waals surface area contributed by atoms with Gasteiger partial charge in [0.25, 0.3) is 0 Å². The lowest BCUT2D eigenvalue weighted by molar-refractivity contribution is 0.297. The molecule has 1 spiro atoms. The molecule has 0 aliphatic heterocycles. The zero-order valence-corrected chi connectivity index (χ0v) is 10.3. The number of hydrogen-bond acceptors (Lipinski definition) is 1. The minimum absolute atomic E-state index is 0.0660. The van der Waals surface area contributed by atoms with Crippen molar-refractivity contribution < 1.29 is 0 Å². The molecular formula is C12H13Cl2N. The van der Waals surface area contributed by atoms with E-state index in [0.717, 1.165) is 6.42 Å². The lowest BCUT2D eigenvalue weighted by Gasteiger charge is -2.19. The maximum Gasteiger partial charge on any atom is 0.131 e. The molecule has 0 saturated heterocycles. The first kappa shape index (κ1) is 10.00. The molecule has 2 fully saturated rings. The van der Waals surface area contributed by atoms with E-state index in [4.69, 9.17) is 28.5 Å². The molecule has 2 bridgehead atoms.